The summed E-state index contributed by atoms with van der Waals surface area (Å²) in [5, 5.41) is 0. The van der Waals surface area contributed by atoms with Crippen LogP contribution in [0.15, 0.2) is 0 Å². The van der Waals surface area contributed by atoms with Crippen LogP contribution < -0.4 is 0 Å². The Bertz CT molecular complexity index is 127. The van der Waals surface area contributed by atoms with E-state index in [9.17, 15) is 0 Å². The summed E-state index contributed by atoms with van der Waals surface area (Å²) in [7, 11) is 3.17. The van der Waals surface area contributed by atoms with Crippen molar-refractivity contribution in [1.82, 2.24) is 4.67 Å². The normalized spacial score (nSPS) is 31.5. The summed E-state index contributed by atoms with van der Waals surface area (Å²) in [6, 6.07) is 0. The summed E-state index contributed by atoms with van der Waals surface area (Å²) >= 11 is 0. The number of hydrogen-bond donors (Lipinski definition) is 0. The molecule has 1 fully saturated rings. The Hall–Kier alpha value is 0.310. The second-order valence-electron chi connectivity index (χ2n) is 3.21. The summed E-state index contributed by atoms with van der Waals surface area (Å²) in [5.74, 6) is 0. The smallest absolute Gasteiger partial charge is 0.258 e. The third-order valence-electron chi connectivity index (χ3n) is 1.17. The molecule has 0 N–H and O–H groups in total. The predicted molar refractivity (Wildman–Crippen MR) is 41.7 cm³/mol. The van der Waals surface area contributed by atoms with Crippen LogP contribution in [0.4, 0.5) is 0 Å². The first kappa shape index (κ1) is 8.41. The van der Waals surface area contributed by atoms with Crippen molar-refractivity contribution >= 4 is 8.53 Å². The molecule has 0 aliphatic carbocycles. The topological polar surface area (TPSA) is 21.7 Å². The van der Waals surface area contributed by atoms with Crippen LogP contribution in [0.2, 0.25) is 0 Å². The molecule has 1 heterocycles. The van der Waals surface area contributed by atoms with Crippen molar-refractivity contribution in [2.24, 2.45) is 0 Å². The number of nitrogens with zero attached hydrogens (tertiary/aromatic N) is 1. The van der Waals surface area contributed by atoms with Crippen LogP contribution in [0.25, 0.3) is 0 Å². The van der Waals surface area contributed by atoms with Gasteiger partial charge in [-0.05, 0) is 27.9 Å². The summed E-state index contributed by atoms with van der Waals surface area (Å²) in [5.41, 5.74) is -0.0873. The van der Waals surface area contributed by atoms with Gasteiger partial charge in [0.2, 0.25) is 0 Å². The van der Waals surface area contributed by atoms with Crippen LogP contribution in [0.3, 0.4) is 0 Å². The van der Waals surface area contributed by atoms with Gasteiger partial charge in [-0.15, -0.1) is 0 Å². The first-order valence-corrected chi connectivity index (χ1v) is 4.44. The summed E-state index contributed by atoms with van der Waals surface area (Å²) in [4.78, 5) is 0. The van der Waals surface area contributed by atoms with Gasteiger partial charge < -0.3 is 9.05 Å². The van der Waals surface area contributed by atoms with E-state index in [4.69, 9.17) is 9.05 Å². The molecular formula is C6H14NO2P. The standard InChI is InChI=1S/C6H14NO2P/c1-6(2)5-8-10(9-6)7(3)4/h5H2,1-4H3/t10-/m0/s1. The minimum absolute atomic E-state index is 0.0873. The van der Waals surface area contributed by atoms with Gasteiger partial charge in [-0.1, -0.05) is 0 Å². The quantitative estimate of drug-likeness (QED) is 0.548. The molecule has 0 aromatic rings. The molecular weight excluding hydrogens is 149 g/mol. The van der Waals surface area contributed by atoms with Gasteiger partial charge in [-0.25, -0.2) is 4.67 Å². The third kappa shape index (κ3) is 1.89. The highest BCUT2D eigenvalue weighted by molar-refractivity contribution is 7.44. The van der Waals surface area contributed by atoms with E-state index in [-0.39, 0.29) is 5.60 Å². The maximum Gasteiger partial charge on any atom is 0.258 e. The van der Waals surface area contributed by atoms with Crippen LogP contribution in [0.5, 0.6) is 0 Å². The molecule has 0 spiro atoms. The molecule has 10 heavy (non-hydrogen) atoms. The minimum atomic E-state index is -0.759. The molecule has 1 saturated heterocycles. The maximum absolute atomic E-state index is 5.58. The molecule has 60 valence electrons. The van der Waals surface area contributed by atoms with Crippen LogP contribution in [0.1, 0.15) is 13.8 Å². The monoisotopic (exact) mass is 163 g/mol. The van der Waals surface area contributed by atoms with Gasteiger partial charge in [0.1, 0.15) is 0 Å². The second kappa shape index (κ2) is 2.74. The molecule has 1 atom stereocenters. The van der Waals surface area contributed by atoms with Crippen molar-refractivity contribution in [2.45, 2.75) is 19.4 Å². The van der Waals surface area contributed by atoms with E-state index in [0.29, 0.717) is 6.61 Å². The Morgan fingerprint density at radius 3 is 2.20 bits per heavy atom. The molecule has 1 rings (SSSR count). The van der Waals surface area contributed by atoms with Gasteiger partial charge in [0.05, 0.1) is 12.2 Å². The van der Waals surface area contributed by atoms with E-state index in [2.05, 4.69) is 0 Å². The van der Waals surface area contributed by atoms with Gasteiger partial charge in [0, 0.05) is 0 Å². The van der Waals surface area contributed by atoms with Crippen molar-refractivity contribution in [2.75, 3.05) is 20.7 Å². The maximum atomic E-state index is 5.58. The zero-order valence-corrected chi connectivity index (χ0v) is 7.81. The van der Waals surface area contributed by atoms with E-state index in [0.717, 1.165) is 0 Å². The molecule has 4 heteroatoms. The van der Waals surface area contributed by atoms with Crippen molar-refractivity contribution in [3.8, 4) is 0 Å². The summed E-state index contributed by atoms with van der Waals surface area (Å²) in [6.07, 6.45) is 0. The SMILES string of the molecule is CN(C)[P@@]1OCC(C)(C)O1. The zero-order chi connectivity index (χ0) is 7.78. The Kier molecular flexibility index (Phi) is 2.31. The second-order valence-corrected chi connectivity index (χ2v) is 4.93. The zero-order valence-electron chi connectivity index (χ0n) is 6.92. The van der Waals surface area contributed by atoms with Crippen molar-refractivity contribution in [3.05, 3.63) is 0 Å². The molecule has 0 aromatic carbocycles. The molecule has 1 aliphatic rings. The van der Waals surface area contributed by atoms with E-state index in [1.165, 1.54) is 0 Å². The largest absolute Gasteiger partial charge is 0.319 e. The first-order chi connectivity index (χ1) is 4.51. The van der Waals surface area contributed by atoms with Gasteiger partial charge in [-0.2, -0.15) is 0 Å². The Labute approximate surface area is 63.3 Å². The van der Waals surface area contributed by atoms with Gasteiger partial charge in [0.15, 0.2) is 0 Å². The summed E-state index contributed by atoms with van der Waals surface area (Å²) < 4.78 is 13.0. The Morgan fingerprint density at radius 2 is 2.00 bits per heavy atom. The first-order valence-electron chi connectivity index (χ1n) is 3.31. The highest BCUT2D eigenvalue weighted by Crippen LogP contribution is 2.50. The van der Waals surface area contributed by atoms with E-state index in [1.807, 2.05) is 32.6 Å². The molecule has 0 saturated carbocycles. The highest BCUT2D eigenvalue weighted by atomic mass is 31.2. The molecule has 1 aliphatic heterocycles. The average molecular weight is 163 g/mol. The molecule has 0 bridgehead atoms. The van der Waals surface area contributed by atoms with E-state index >= 15 is 0 Å². The molecule has 0 aromatic heterocycles. The number of rotatable bonds is 1. The molecule has 3 nitrogen and oxygen atoms in total. The van der Waals surface area contributed by atoms with E-state index in [1.54, 1.807) is 0 Å². The highest BCUT2D eigenvalue weighted by Gasteiger charge is 2.34. The molecule has 0 unspecified atom stereocenters. The lowest BCUT2D eigenvalue weighted by molar-refractivity contribution is 0.139. The van der Waals surface area contributed by atoms with Gasteiger partial charge in [0.25, 0.3) is 8.53 Å². The predicted octanol–water partition coefficient (Wildman–Crippen LogP) is 1.60. The average Bonchev–Trinajstić information content (AvgIpc) is 2.10. The van der Waals surface area contributed by atoms with Crippen LogP contribution in [0, 0.1) is 0 Å². The van der Waals surface area contributed by atoms with Crippen LogP contribution in [-0.4, -0.2) is 31.0 Å². The molecule has 0 radical (unpaired) electrons. The Morgan fingerprint density at radius 1 is 1.40 bits per heavy atom. The molecule has 0 amide bonds. The van der Waals surface area contributed by atoms with Gasteiger partial charge >= 0.3 is 0 Å². The lowest BCUT2D eigenvalue weighted by Gasteiger charge is -2.18. The van der Waals surface area contributed by atoms with Crippen molar-refractivity contribution < 1.29 is 9.05 Å². The van der Waals surface area contributed by atoms with Gasteiger partial charge in [-0.3, -0.25) is 0 Å². The Balaban J connectivity index is 2.43. The van der Waals surface area contributed by atoms with E-state index < -0.39 is 8.53 Å². The fourth-order valence-corrected chi connectivity index (χ4v) is 2.02. The minimum Gasteiger partial charge on any atom is -0.319 e. The van der Waals surface area contributed by atoms with Crippen LogP contribution in [-0.2, 0) is 9.05 Å². The third-order valence-corrected chi connectivity index (χ3v) is 2.83. The summed E-state index contributed by atoms with van der Waals surface area (Å²) in [6.45, 7) is 4.79. The van der Waals surface area contributed by atoms with Crippen molar-refractivity contribution in [3.63, 3.8) is 0 Å². The number of hydrogen-bond acceptors (Lipinski definition) is 3. The fourth-order valence-electron chi connectivity index (χ4n) is 0.672. The van der Waals surface area contributed by atoms with Crippen LogP contribution >= 0.6 is 8.53 Å². The van der Waals surface area contributed by atoms with Crippen molar-refractivity contribution in [1.29, 1.82) is 0 Å². The lowest BCUT2D eigenvalue weighted by Crippen LogP contribution is -2.20. The lowest BCUT2D eigenvalue weighted by atomic mass is 10.2. The fraction of sp³-hybridized carbons (Fsp3) is 1.00.